The van der Waals surface area contributed by atoms with Gasteiger partial charge in [-0.2, -0.15) is 4.31 Å². The third-order valence-corrected chi connectivity index (χ3v) is 8.56. The molecule has 2 aliphatic heterocycles. The number of ether oxygens (including phenoxy) is 1. The van der Waals surface area contributed by atoms with E-state index in [1.165, 1.54) is 22.5 Å². The van der Waals surface area contributed by atoms with Crippen LogP contribution in [-0.4, -0.2) is 55.4 Å². The molecule has 1 fully saturated rings. The summed E-state index contributed by atoms with van der Waals surface area (Å²) >= 11 is 0. The molecule has 0 spiro atoms. The maximum Gasteiger partial charge on any atom is 0.211 e. The molecule has 5 rings (SSSR count). The van der Waals surface area contributed by atoms with Gasteiger partial charge in [-0.1, -0.05) is 36.4 Å². The topological polar surface area (TPSA) is 75.6 Å². The Hall–Kier alpha value is -2.97. The third kappa shape index (κ3) is 6.05. The van der Waals surface area contributed by atoms with Crippen LogP contribution in [0.15, 0.2) is 60.7 Å². The standard InChI is InChI=1S/C28H34N4O3S/c1-36(33,34)32-18-15-24-20-26(10-9-25(24)21-32)35-19-5-6-22-13-16-31(17-14-22)28-12-11-27(29-30-28)23-7-3-2-4-8-23/h2-4,7-12,20,22H,5-6,13-19,21H2,1H3. The molecule has 0 atom stereocenters. The van der Waals surface area contributed by atoms with E-state index in [1.54, 1.807) is 0 Å². The van der Waals surface area contributed by atoms with Gasteiger partial charge in [0.15, 0.2) is 5.82 Å². The Kier molecular flexibility index (Phi) is 7.53. The van der Waals surface area contributed by atoms with Crippen LogP contribution in [0.25, 0.3) is 11.3 Å². The van der Waals surface area contributed by atoms with Gasteiger partial charge in [-0.25, -0.2) is 8.42 Å². The first-order valence-corrected chi connectivity index (χ1v) is 14.6. The van der Waals surface area contributed by atoms with E-state index in [0.717, 1.165) is 67.2 Å². The van der Waals surface area contributed by atoms with E-state index in [9.17, 15) is 8.42 Å². The Bertz CT molecular complexity index is 1260. The monoisotopic (exact) mass is 506 g/mol. The van der Waals surface area contributed by atoms with Gasteiger partial charge < -0.3 is 9.64 Å². The van der Waals surface area contributed by atoms with E-state index in [2.05, 4.69) is 45.4 Å². The van der Waals surface area contributed by atoms with Crippen LogP contribution >= 0.6 is 0 Å². The Labute approximate surface area is 214 Å². The summed E-state index contributed by atoms with van der Waals surface area (Å²) in [5, 5.41) is 8.92. The fraction of sp³-hybridized carbons (Fsp3) is 0.429. The highest BCUT2D eigenvalue weighted by Gasteiger charge is 2.23. The van der Waals surface area contributed by atoms with Gasteiger partial charge in [-0.3, -0.25) is 0 Å². The lowest BCUT2D eigenvalue weighted by atomic mass is 9.92. The molecule has 2 aliphatic rings. The highest BCUT2D eigenvalue weighted by molar-refractivity contribution is 7.88. The van der Waals surface area contributed by atoms with E-state index < -0.39 is 10.0 Å². The smallest absolute Gasteiger partial charge is 0.211 e. The summed E-state index contributed by atoms with van der Waals surface area (Å²) in [4.78, 5) is 2.34. The SMILES string of the molecule is CS(=O)(=O)N1CCc2cc(OCCCC3CCN(c4ccc(-c5ccccc5)nn4)CC3)ccc2C1. The van der Waals surface area contributed by atoms with Gasteiger partial charge in [-0.05, 0) is 73.4 Å². The normalized spacial score (nSPS) is 17.1. The molecule has 1 aromatic heterocycles. The van der Waals surface area contributed by atoms with Crippen LogP contribution < -0.4 is 9.64 Å². The molecule has 3 heterocycles. The van der Waals surface area contributed by atoms with E-state index in [0.29, 0.717) is 25.6 Å². The fourth-order valence-corrected chi connectivity index (χ4v) is 5.94. The zero-order valence-corrected chi connectivity index (χ0v) is 21.7. The molecule has 36 heavy (non-hydrogen) atoms. The molecule has 7 nitrogen and oxygen atoms in total. The number of aromatic nitrogens is 2. The number of rotatable bonds is 8. The number of piperidine rings is 1. The average molecular weight is 507 g/mol. The summed E-state index contributed by atoms with van der Waals surface area (Å²) in [6, 6.07) is 20.3. The average Bonchev–Trinajstić information content (AvgIpc) is 2.91. The van der Waals surface area contributed by atoms with Crippen LogP contribution in [0, 0.1) is 5.92 Å². The van der Waals surface area contributed by atoms with Crippen molar-refractivity contribution in [3.8, 4) is 17.0 Å². The number of anilines is 1. The van der Waals surface area contributed by atoms with E-state index in [4.69, 9.17) is 4.74 Å². The fourth-order valence-electron chi connectivity index (χ4n) is 5.15. The molecule has 0 aliphatic carbocycles. The molecule has 0 saturated carbocycles. The van der Waals surface area contributed by atoms with Gasteiger partial charge in [0.1, 0.15) is 5.75 Å². The molecule has 8 heteroatoms. The lowest BCUT2D eigenvalue weighted by molar-refractivity contribution is 0.278. The largest absolute Gasteiger partial charge is 0.494 e. The molecule has 0 amide bonds. The Morgan fingerprint density at radius 1 is 0.944 bits per heavy atom. The number of sulfonamides is 1. The summed E-state index contributed by atoms with van der Waals surface area (Å²) in [6.07, 6.45) is 6.54. The Morgan fingerprint density at radius 3 is 2.47 bits per heavy atom. The first-order chi connectivity index (χ1) is 17.5. The highest BCUT2D eigenvalue weighted by Crippen LogP contribution is 2.27. The summed E-state index contributed by atoms with van der Waals surface area (Å²) in [5.41, 5.74) is 4.26. The van der Waals surface area contributed by atoms with Crippen molar-refractivity contribution in [1.82, 2.24) is 14.5 Å². The molecule has 190 valence electrons. The molecule has 0 unspecified atom stereocenters. The van der Waals surface area contributed by atoms with Gasteiger partial charge in [0.25, 0.3) is 0 Å². The van der Waals surface area contributed by atoms with Gasteiger partial charge in [0.05, 0.1) is 18.6 Å². The van der Waals surface area contributed by atoms with E-state index in [-0.39, 0.29) is 0 Å². The number of benzene rings is 2. The molecular weight excluding hydrogens is 472 g/mol. The van der Waals surface area contributed by atoms with Gasteiger partial charge >= 0.3 is 0 Å². The second kappa shape index (κ2) is 11.0. The molecule has 0 N–H and O–H groups in total. The summed E-state index contributed by atoms with van der Waals surface area (Å²) in [7, 11) is -3.15. The van der Waals surface area contributed by atoms with Crippen molar-refractivity contribution in [3.05, 3.63) is 71.8 Å². The third-order valence-electron chi connectivity index (χ3n) is 7.31. The Balaban J connectivity index is 1.04. The second-order valence-corrected chi connectivity index (χ2v) is 11.8. The predicted octanol–water partition coefficient (Wildman–Crippen LogP) is 4.54. The molecule has 0 bridgehead atoms. The van der Waals surface area contributed by atoms with Crippen LogP contribution in [0.2, 0.25) is 0 Å². The second-order valence-electron chi connectivity index (χ2n) is 9.84. The number of hydrogen-bond acceptors (Lipinski definition) is 6. The minimum absolute atomic E-state index is 0.454. The minimum Gasteiger partial charge on any atom is -0.494 e. The van der Waals surface area contributed by atoms with Crippen molar-refractivity contribution in [2.45, 2.75) is 38.6 Å². The van der Waals surface area contributed by atoms with Crippen molar-refractivity contribution in [1.29, 1.82) is 0 Å². The molecule has 3 aromatic rings. The van der Waals surface area contributed by atoms with Crippen LogP contribution in [0.5, 0.6) is 5.75 Å². The van der Waals surface area contributed by atoms with Crippen molar-refractivity contribution in [2.75, 3.05) is 37.4 Å². The Morgan fingerprint density at radius 2 is 1.75 bits per heavy atom. The van der Waals surface area contributed by atoms with Crippen LogP contribution in [-0.2, 0) is 23.0 Å². The number of nitrogens with zero attached hydrogens (tertiary/aromatic N) is 4. The van der Waals surface area contributed by atoms with Crippen LogP contribution in [0.3, 0.4) is 0 Å². The first-order valence-electron chi connectivity index (χ1n) is 12.8. The van der Waals surface area contributed by atoms with E-state index in [1.807, 2.05) is 30.3 Å². The number of fused-ring (bicyclic) bond motifs is 1. The van der Waals surface area contributed by atoms with Crippen LogP contribution in [0.1, 0.15) is 36.8 Å². The van der Waals surface area contributed by atoms with Crippen molar-refractivity contribution in [3.63, 3.8) is 0 Å². The van der Waals surface area contributed by atoms with Crippen LogP contribution in [0.4, 0.5) is 5.82 Å². The first kappa shape index (κ1) is 24.7. The van der Waals surface area contributed by atoms with Crippen molar-refractivity contribution < 1.29 is 13.2 Å². The van der Waals surface area contributed by atoms with E-state index >= 15 is 0 Å². The molecule has 2 aromatic carbocycles. The summed E-state index contributed by atoms with van der Waals surface area (Å²) in [5.74, 6) is 2.56. The van der Waals surface area contributed by atoms with Crippen molar-refractivity contribution in [2.24, 2.45) is 5.92 Å². The van der Waals surface area contributed by atoms with Gasteiger partial charge in [0, 0.05) is 31.7 Å². The lowest BCUT2D eigenvalue weighted by Crippen LogP contribution is -2.35. The summed E-state index contributed by atoms with van der Waals surface area (Å²) < 4.78 is 31.2. The summed E-state index contributed by atoms with van der Waals surface area (Å²) in [6.45, 7) is 3.73. The quantitative estimate of drug-likeness (QED) is 0.418. The predicted molar refractivity (Wildman–Crippen MR) is 143 cm³/mol. The zero-order valence-electron chi connectivity index (χ0n) is 20.8. The maximum atomic E-state index is 11.8. The molecular formula is C28H34N4O3S. The zero-order chi connectivity index (χ0) is 25.0. The molecule has 1 saturated heterocycles. The van der Waals surface area contributed by atoms with Crippen molar-refractivity contribution >= 4 is 15.8 Å². The minimum atomic E-state index is -3.15. The van der Waals surface area contributed by atoms with Gasteiger partial charge in [-0.15, -0.1) is 10.2 Å². The van der Waals surface area contributed by atoms with Gasteiger partial charge in [0.2, 0.25) is 10.0 Å². The number of hydrogen-bond donors (Lipinski definition) is 0. The maximum absolute atomic E-state index is 11.8. The molecule has 0 radical (unpaired) electrons. The highest BCUT2D eigenvalue weighted by atomic mass is 32.2. The lowest BCUT2D eigenvalue weighted by Gasteiger charge is -2.32.